The standard InChI is InChI=1S/C16H17N/c17-16-7-3-6-14(11-16)15-9-8-12-4-1-2-5-13(12)10-15/h3,6-11H,1-2,4-5,17H2. The second-order valence-electron chi connectivity index (χ2n) is 4.82. The average Bonchev–Trinajstić information content (AvgIpc) is 2.38. The van der Waals surface area contributed by atoms with Gasteiger partial charge in [-0.05, 0) is 60.1 Å². The van der Waals surface area contributed by atoms with E-state index in [1.54, 1.807) is 0 Å². The Bertz CT molecular complexity index is 543. The zero-order valence-corrected chi connectivity index (χ0v) is 9.95. The third-order valence-electron chi connectivity index (χ3n) is 3.57. The molecular formula is C16H17N. The van der Waals surface area contributed by atoms with Crippen LogP contribution in [0.2, 0.25) is 0 Å². The third-order valence-corrected chi connectivity index (χ3v) is 3.57. The molecule has 0 unspecified atom stereocenters. The van der Waals surface area contributed by atoms with Crippen molar-refractivity contribution in [2.45, 2.75) is 25.7 Å². The van der Waals surface area contributed by atoms with E-state index in [1.807, 2.05) is 18.2 Å². The monoisotopic (exact) mass is 223 g/mol. The number of nitrogen functional groups attached to an aromatic ring is 1. The number of anilines is 1. The molecular weight excluding hydrogens is 206 g/mol. The summed E-state index contributed by atoms with van der Waals surface area (Å²) in [4.78, 5) is 0. The highest BCUT2D eigenvalue weighted by Gasteiger charge is 2.09. The molecule has 2 aromatic carbocycles. The van der Waals surface area contributed by atoms with Crippen molar-refractivity contribution in [1.82, 2.24) is 0 Å². The van der Waals surface area contributed by atoms with Gasteiger partial charge >= 0.3 is 0 Å². The largest absolute Gasteiger partial charge is 0.399 e. The SMILES string of the molecule is Nc1cccc(-c2ccc3c(c2)CCCC3)c1. The molecule has 1 nitrogen and oxygen atoms in total. The van der Waals surface area contributed by atoms with Crippen molar-refractivity contribution in [3.8, 4) is 11.1 Å². The van der Waals surface area contributed by atoms with Crippen LogP contribution < -0.4 is 5.73 Å². The topological polar surface area (TPSA) is 26.0 Å². The lowest BCUT2D eigenvalue weighted by molar-refractivity contribution is 0.686. The number of fused-ring (bicyclic) bond motifs is 1. The van der Waals surface area contributed by atoms with E-state index in [-0.39, 0.29) is 0 Å². The zero-order chi connectivity index (χ0) is 11.7. The highest BCUT2D eigenvalue weighted by molar-refractivity contribution is 5.68. The maximum atomic E-state index is 5.83. The van der Waals surface area contributed by atoms with Gasteiger partial charge in [0, 0.05) is 5.69 Å². The highest BCUT2D eigenvalue weighted by Crippen LogP contribution is 2.28. The number of hydrogen-bond donors (Lipinski definition) is 1. The Labute approximate surface area is 102 Å². The molecule has 0 aliphatic heterocycles. The van der Waals surface area contributed by atoms with Crippen LogP contribution in [-0.4, -0.2) is 0 Å². The van der Waals surface area contributed by atoms with Crippen LogP contribution in [0.5, 0.6) is 0 Å². The summed E-state index contributed by atoms with van der Waals surface area (Å²) in [5.74, 6) is 0. The van der Waals surface area contributed by atoms with Crippen molar-refractivity contribution < 1.29 is 0 Å². The van der Waals surface area contributed by atoms with E-state index in [0.29, 0.717) is 0 Å². The average molecular weight is 223 g/mol. The number of rotatable bonds is 1. The molecule has 0 fully saturated rings. The molecule has 1 heteroatoms. The van der Waals surface area contributed by atoms with Gasteiger partial charge in [-0.1, -0.05) is 30.3 Å². The van der Waals surface area contributed by atoms with Crippen LogP contribution in [0.3, 0.4) is 0 Å². The number of nitrogens with two attached hydrogens (primary N) is 1. The smallest absolute Gasteiger partial charge is 0.0320 e. The summed E-state index contributed by atoms with van der Waals surface area (Å²) in [6, 6.07) is 15.0. The minimum absolute atomic E-state index is 0.834. The van der Waals surface area contributed by atoms with Crippen LogP contribution in [0, 0.1) is 0 Å². The summed E-state index contributed by atoms with van der Waals surface area (Å²) in [7, 11) is 0. The molecule has 0 radical (unpaired) electrons. The lowest BCUT2D eigenvalue weighted by Gasteiger charge is -2.16. The van der Waals surface area contributed by atoms with Crippen molar-refractivity contribution in [3.63, 3.8) is 0 Å². The quantitative estimate of drug-likeness (QED) is 0.731. The van der Waals surface area contributed by atoms with Crippen molar-refractivity contribution in [3.05, 3.63) is 53.6 Å². The molecule has 0 bridgehead atoms. The van der Waals surface area contributed by atoms with E-state index in [1.165, 1.54) is 47.9 Å². The number of benzene rings is 2. The van der Waals surface area contributed by atoms with Gasteiger partial charge in [0.2, 0.25) is 0 Å². The Balaban J connectivity index is 2.04. The van der Waals surface area contributed by atoms with Crippen LogP contribution in [-0.2, 0) is 12.8 Å². The lowest BCUT2D eigenvalue weighted by atomic mass is 9.89. The maximum absolute atomic E-state index is 5.83. The summed E-state index contributed by atoms with van der Waals surface area (Å²) in [5, 5.41) is 0. The van der Waals surface area contributed by atoms with Gasteiger partial charge in [-0.25, -0.2) is 0 Å². The first-order valence-electron chi connectivity index (χ1n) is 6.31. The third kappa shape index (κ3) is 2.05. The molecule has 0 saturated heterocycles. The van der Waals surface area contributed by atoms with Gasteiger partial charge in [-0.2, -0.15) is 0 Å². The van der Waals surface area contributed by atoms with Crippen LogP contribution in [0.15, 0.2) is 42.5 Å². The Hall–Kier alpha value is -1.76. The lowest BCUT2D eigenvalue weighted by Crippen LogP contribution is -2.02. The first-order chi connectivity index (χ1) is 8.33. The molecule has 3 rings (SSSR count). The Morgan fingerprint density at radius 1 is 0.765 bits per heavy atom. The van der Waals surface area contributed by atoms with Gasteiger partial charge in [-0.15, -0.1) is 0 Å². The van der Waals surface area contributed by atoms with Crippen molar-refractivity contribution >= 4 is 5.69 Å². The second kappa shape index (κ2) is 4.25. The summed E-state index contributed by atoms with van der Waals surface area (Å²) in [6.07, 6.45) is 5.13. The summed E-state index contributed by atoms with van der Waals surface area (Å²) in [6.45, 7) is 0. The van der Waals surface area contributed by atoms with E-state index in [0.717, 1.165) is 5.69 Å². The molecule has 0 atom stereocenters. The fraction of sp³-hybridized carbons (Fsp3) is 0.250. The molecule has 0 spiro atoms. The Kier molecular flexibility index (Phi) is 2.60. The van der Waals surface area contributed by atoms with Crippen LogP contribution >= 0.6 is 0 Å². The summed E-state index contributed by atoms with van der Waals surface area (Å²) < 4.78 is 0. The highest BCUT2D eigenvalue weighted by atomic mass is 14.5. The van der Waals surface area contributed by atoms with Crippen LogP contribution in [0.25, 0.3) is 11.1 Å². The molecule has 2 N–H and O–H groups in total. The molecule has 2 aromatic rings. The molecule has 1 aliphatic carbocycles. The van der Waals surface area contributed by atoms with Gasteiger partial charge < -0.3 is 5.73 Å². The maximum Gasteiger partial charge on any atom is 0.0320 e. The zero-order valence-electron chi connectivity index (χ0n) is 9.95. The van der Waals surface area contributed by atoms with E-state index < -0.39 is 0 Å². The number of aryl methyl sites for hydroxylation is 2. The fourth-order valence-corrected chi connectivity index (χ4v) is 2.63. The minimum atomic E-state index is 0.834. The molecule has 0 aromatic heterocycles. The molecule has 0 amide bonds. The van der Waals surface area contributed by atoms with Gasteiger partial charge in [0.1, 0.15) is 0 Å². The molecule has 86 valence electrons. The van der Waals surface area contributed by atoms with E-state index in [9.17, 15) is 0 Å². The summed E-state index contributed by atoms with van der Waals surface area (Å²) >= 11 is 0. The minimum Gasteiger partial charge on any atom is -0.399 e. The molecule has 1 aliphatic rings. The predicted molar refractivity (Wildman–Crippen MR) is 72.9 cm³/mol. The first-order valence-corrected chi connectivity index (χ1v) is 6.31. The second-order valence-corrected chi connectivity index (χ2v) is 4.82. The van der Waals surface area contributed by atoms with Gasteiger partial charge in [0.15, 0.2) is 0 Å². The summed E-state index contributed by atoms with van der Waals surface area (Å²) in [5.41, 5.74) is 12.2. The van der Waals surface area contributed by atoms with E-state index in [4.69, 9.17) is 5.73 Å². The van der Waals surface area contributed by atoms with Gasteiger partial charge in [0.25, 0.3) is 0 Å². The van der Waals surface area contributed by atoms with Crippen molar-refractivity contribution in [2.75, 3.05) is 5.73 Å². The Morgan fingerprint density at radius 3 is 2.35 bits per heavy atom. The fourth-order valence-electron chi connectivity index (χ4n) is 2.63. The van der Waals surface area contributed by atoms with Gasteiger partial charge in [0.05, 0.1) is 0 Å². The first kappa shape index (κ1) is 10.4. The van der Waals surface area contributed by atoms with Crippen LogP contribution in [0.4, 0.5) is 5.69 Å². The van der Waals surface area contributed by atoms with E-state index >= 15 is 0 Å². The predicted octanol–water partition coefficient (Wildman–Crippen LogP) is 3.81. The van der Waals surface area contributed by atoms with Crippen molar-refractivity contribution in [1.29, 1.82) is 0 Å². The number of hydrogen-bond acceptors (Lipinski definition) is 1. The van der Waals surface area contributed by atoms with Crippen molar-refractivity contribution in [2.24, 2.45) is 0 Å². The molecule has 0 heterocycles. The van der Waals surface area contributed by atoms with Gasteiger partial charge in [-0.3, -0.25) is 0 Å². The molecule has 17 heavy (non-hydrogen) atoms. The normalized spacial score (nSPS) is 14.4. The van der Waals surface area contributed by atoms with E-state index in [2.05, 4.69) is 24.3 Å². The van der Waals surface area contributed by atoms with Crippen LogP contribution in [0.1, 0.15) is 24.0 Å². The molecule has 0 saturated carbocycles. The Morgan fingerprint density at radius 2 is 1.53 bits per heavy atom.